The van der Waals surface area contributed by atoms with E-state index in [1.807, 2.05) is 38.1 Å². The summed E-state index contributed by atoms with van der Waals surface area (Å²) in [6, 6.07) is 19.5. The minimum Gasteiger partial charge on any atom is -0.482 e. The predicted octanol–water partition coefficient (Wildman–Crippen LogP) is 5.36. The van der Waals surface area contributed by atoms with Crippen molar-refractivity contribution in [2.75, 3.05) is 52.5 Å². The molecule has 5 N–H and O–H groups in total. The van der Waals surface area contributed by atoms with Crippen LogP contribution in [0.15, 0.2) is 91.4 Å². The number of ether oxygens (including phenoxy) is 2. The van der Waals surface area contributed by atoms with E-state index in [1.54, 1.807) is 53.7 Å². The van der Waals surface area contributed by atoms with Crippen molar-refractivity contribution >= 4 is 75.6 Å². The van der Waals surface area contributed by atoms with Crippen LogP contribution >= 0.6 is 0 Å². The largest absolute Gasteiger partial charge is 0.482 e. The second-order valence-electron chi connectivity index (χ2n) is 16.4. The first kappa shape index (κ1) is 42.3. The Kier molecular flexibility index (Phi) is 11.3. The highest BCUT2D eigenvalue weighted by atomic mass is 16.5. The fraction of sp³-hybridized carbons (Fsp3) is 0.255. The zero-order valence-electron chi connectivity index (χ0n) is 35.4. The Bertz CT molecular complexity index is 2830. The summed E-state index contributed by atoms with van der Waals surface area (Å²) in [5.74, 6) is -1.95. The van der Waals surface area contributed by atoms with Gasteiger partial charge in [-0.3, -0.25) is 48.8 Å². The number of hydrogen-bond donors (Lipinski definition) is 5. The van der Waals surface area contributed by atoms with E-state index in [4.69, 9.17) is 9.47 Å². The van der Waals surface area contributed by atoms with Crippen LogP contribution < -0.4 is 36.2 Å². The Labute approximate surface area is 372 Å². The van der Waals surface area contributed by atoms with Gasteiger partial charge in [0.1, 0.15) is 29.8 Å². The first-order valence-corrected chi connectivity index (χ1v) is 21.1. The number of hydrogen-bond acceptors (Lipinski definition) is 13. The van der Waals surface area contributed by atoms with Gasteiger partial charge in [0.2, 0.25) is 23.6 Å². The van der Waals surface area contributed by atoms with Gasteiger partial charge in [0.25, 0.3) is 17.7 Å². The van der Waals surface area contributed by atoms with Crippen LogP contribution in [0, 0.1) is 0 Å². The molecule has 6 heterocycles. The molecule has 330 valence electrons. The molecule has 2 saturated heterocycles. The predicted molar refractivity (Wildman–Crippen MR) is 238 cm³/mol. The first-order valence-electron chi connectivity index (χ1n) is 21.1. The number of carbonyl (C=O) groups excluding carboxylic acids is 7. The highest BCUT2D eigenvalue weighted by molar-refractivity contribution is 6.25. The number of benzene rings is 3. The van der Waals surface area contributed by atoms with E-state index >= 15 is 0 Å². The second kappa shape index (κ2) is 17.3. The standard InChI is InChI=1S/C47H43N9O9/c1-47(2)34-21-38(50-24-33(34)31-12-11-30(20-37(31)65-47)55-16-5-10-41(55)59)51-28-19-29(23-48-22-28)53-43(60)26-6-3-7-27(18-26)52-40(58)25-64-17-15-49-35-9-4-8-32-42(35)46(63)56(45(32)62)36-13-14-39(57)54-44(36)61/h3-4,6-9,11-12,18-24,36,49H,5,10,13-17,25H2,1-2H3,(H,50,51)(H,52,58)(H,53,60)(H,54,57,61). The van der Waals surface area contributed by atoms with Crippen LogP contribution in [0.1, 0.15) is 76.2 Å². The lowest BCUT2D eigenvalue weighted by Crippen LogP contribution is -2.54. The summed E-state index contributed by atoms with van der Waals surface area (Å²) < 4.78 is 12.0. The average Bonchev–Trinajstić information content (AvgIpc) is 3.82. The Morgan fingerprint density at radius 1 is 0.862 bits per heavy atom. The molecule has 65 heavy (non-hydrogen) atoms. The van der Waals surface area contributed by atoms with Crippen LogP contribution in [-0.2, 0) is 29.5 Å². The summed E-state index contributed by atoms with van der Waals surface area (Å²) >= 11 is 0. The van der Waals surface area contributed by atoms with Gasteiger partial charge in [-0.1, -0.05) is 12.1 Å². The highest BCUT2D eigenvalue weighted by Gasteiger charge is 2.45. The maximum absolute atomic E-state index is 13.3. The lowest BCUT2D eigenvalue weighted by molar-refractivity contribution is -0.136. The number of carbonyl (C=O) groups is 7. The number of rotatable bonds is 13. The van der Waals surface area contributed by atoms with Gasteiger partial charge in [-0.05, 0) is 81.3 Å². The molecule has 1 atom stereocenters. The van der Waals surface area contributed by atoms with E-state index in [0.717, 1.165) is 33.7 Å². The van der Waals surface area contributed by atoms with Crippen LogP contribution in [0.25, 0.3) is 11.1 Å². The molecule has 0 saturated carbocycles. The number of nitrogens with zero attached hydrogens (tertiary/aromatic N) is 4. The number of nitrogens with one attached hydrogen (secondary N) is 5. The van der Waals surface area contributed by atoms with E-state index in [1.165, 1.54) is 18.3 Å². The van der Waals surface area contributed by atoms with Gasteiger partial charge >= 0.3 is 0 Å². The maximum Gasteiger partial charge on any atom is 0.264 e. The van der Waals surface area contributed by atoms with Crippen molar-refractivity contribution in [3.05, 3.63) is 114 Å². The molecule has 4 aliphatic heterocycles. The van der Waals surface area contributed by atoms with Crippen LogP contribution in [0.4, 0.5) is 34.3 Å². The number of piperidine rings is 1. The van der Waals surface area contributed by atoms with E-state index in [2.05, 4.69) is 36.6 Å². The summed E-state index contributed by atoms with van der Waals surface area (Å²) in [4.78, 5) is 101. The molecular formula is C47H43N9O9. The zero-order chi connectivity index (χ0) is 45.4. The van der Waals surface area contributed by atoms with Gasteiger partial charge in [0.15, 0.2) is 0 Å². The normalized spacial score (nSPS) is 17.1. The minimum absolute atomic E-state index is 0.0174. The molecule has 4 aliphatic rings. The van der Waals surface area contributed by atoms with E-state index < -0.39 is 47.1 Å². The molecule has 7 amide bonds. The molecule has 9 rings (SSSR count). The number of anilines is 6. The summed E-state index contributed by atoms with van der Waals surface area (Å²) in [5, 5.41) is 14.1. The molecule has 3 aromatic carbocycles. The zero-order valence-corrected chi connectivity index (χ0v) is 35.4. The van der Waals surface area contributed by atoms with Crippen molar-refractivity contribution in [2.24, 2.45) is 0 Å². The lowest BCUT2D eigenvalue weighted by Gasteiger charge is -2.35. The molecule has 2 fully saturated rings. The van der Waals surface area contributed by atoms with Crippen molar-refractivity contribution in [2.45, 2.75) is 51.2 Å². The third-order valence-corrected chi connectivity index (χ3v) is 11.5. The van der Waals surface area contributed by atoms with Crippen molar-refractivity contribution in [1.29, 1.82) is 0 Å². The van der Waals surface area contributed by atoms with E-state index in [9.17, 15) is 33.6 Å². The molecule has 2 aromatic heterocycles. The summed E-state index contributed by atoms with van der Waals surface area (Å²) in [6.07, 6.45) is 6.36. The molecule has 1 unspecified atom stereocenters. The summed E-state index contributed by atoms with van der Waals surface area (Å²) in [7, 11) is 0. The third kappa shape index (κ3) is 8.58. The van der Waals surface area contributed by atoms with Gasteiger partial charge in [-0.15, -0.1) is 0 Å². The van der Waals surface area contributed by atoms with Crippen LogP contribution in [-0.4, -0.2) is 88.6 Å². The van der Waals surface area contributed by atoms with Gasteiger partial charge in [-0.25, -0.2) is 4.98 Å². The number of pyridine rings is 2. The van der Waals surface area contributed by atoms with Crippen molar-refractivity contribution < 1.29 is 43.0 Å². The van der Waals surface area contributed by atoms with E-state index in [-0.39, 0.29) is 55.2 Å². The summed E-state index contributed by atoms with van der Waals surface area (Å²) in [6.45, 7) is 4.59. The highest BCUT2D eigenvalue weighted by Crippen LogP contribution is 2.47. The van der Waals surface area contributed by atoms with Crippen molar-refractivity contribution in [1.82, 2.24) is 20.2 Å². The van der Waals surface area contributed by atoms with E-state index in [0.29, 0.717) is 47.3 Å². The fourth-order valence-electron chi connectivity index (χ4n) is 8.42. The Balaban J connectivity index is 0.765. The Hall–Kier alpha value is -7.99. The van der Waals surface area contributed by atoms with Gasteiger partial charge in [-0.2, -0.15) is 0 Å². The van der Waals surface area contributed by atoms with Crippen molar-refractivity contribution in [3.8, 4) is 16.9 Å². The first-order chi connectivity index (χ1) is 31.3. The maximum atomic E-state index is 13.3. The topological polar surface area (TPSA) is 230 Å². The molecule has 0 radical (unpaired) electrons. The lowest BCUT2D eigenvalue weighted by atomic mass is 9.87. The minimum atomic E-state index is -1.08. The Morgan fingerprint density at radius 3 is 2.51 bits per heavy atom. The van der Waals surface area contributed by atoms with Crippen LogP contribution in [0.3, 0.4) is 0 Å². The van der Waals surface area contributed by atoms with Gasteiger partial charge in [0, 0.05) is 77.5 Å². The van der Waals surface area contributed by atoms with Crippen LogP contribution in [0.2, 0.25) is 0 Å². The molecular weight excluding hydrogens is 835 g/mol. The number of imide groups is 2. The van der Waals surface area contributed by atoms with Crippen LogP contribution in [0.5, 0.6) is 5.75 Å². The Morgan fingerprint density at radius 2 is 1.69 bits per heavy atom. The van der Waals surface area contributed by atoms with Crippen molar-refractivity contribution in [3.63, 3.8) is 0 Å². The molecule has 0 aliphatic carbocycles. The van der Waals surface area contributed by atoms with Gasteiger partial charge < -0.3 is 35.6 Å². The SMILES string of the molecule is CC1(C)Oc2cc(N3CCCC3=O)ccc2-c2cnc(Nc3cncc(NC(=O)c4cccc(NC(=O)COCCNc5cccc6c5C(=O)N(C5CCC(=O)NC5=O)C6=O)c4)c3)cc21. The smallest absolute Gasteiger partial charge is 0.264 e. The quantitative estimate of drug-likeness (QED) is 0.0742. The summed E-state index contributed by atoms with van der Waals surface area (Å²) in [5.41, 5.74) is 5.13. The second-order valence-corrected chi connectivity index (χ2v) is 16.4. The third-order valence-electron chi connectivity index (χ3n) is 11.5. The molecule has 18 heteroatoms. The molecule has 5 aromatic rings. The average molecular weight is 878 g/mol. The molecule has 0 spiro atoms. The molecule has 18 nitrogen and oxygen atoms in total. The number of aromatic nitrogens is 2. The van der Waals surface area contributed by atoms with Gasteiger partial charge in [0.05, 0.1) is 41.5 Å². The number of amides is 7. The molecule has 0 bridgehead atoms. The fourth-order valence-corrected chi connectivity index (χ4v) is 8.42. The number of fused-ring (bicyclic) bond motifs is 4. The monoisotopic (exact) mass is 877 g/mol.